The van der Waals surface area contributed by atoms with Gasteiger partial charge < -0.3 is 24.7 Å². The van der Waals surface area contributed by atoms with Crippen molar-refractivity contribution < 1.29 is 37.7 Å². The number of esters is 1. The summed E-state index contributed by atoms with van der Waals surface area (Å²) in [6.45, 7) is -0.845. The molecule has 2 N–H and O–H groups in total. The molecule has 0 bridgehead atoms. The summed E-state index contributed by atoms with van der Waals surface area (Å²) >= 11 is 0. The summed E-state index contributed by atoms with van der Waals surface area (Å²) < 4.78 is 33.7. The van der Waals surface area contributed by atoms with E-state index in [-0.39, 0.29) is 17.9 Å². The molecule has 158 valence electrons. The van der Waals surface area contributed by atoms with Crippen LogP contribution in [0.2, 0.25) is 0 Å². The standard InChI is InChI=1S/C21H20FNO7/c1-27-17-7-5-14(10-15(17)22)16(24)11-30-21(26)8-4-13-3-6-18(19(9-13)28-2)29-12-20(23)25/h3-10H,11-12H2,1-2H3,(H2,23,25)/b8-4+. The maximum absolute atomic E-state index is 13.7. The molecule has 0 radical (unpaired) electrons. The summed E-state index contributed by atoms with van der Waals surface area (Å²) in [6, 6.07) is 8.45. The third kappa shape index (κ3) is 6.33. The summed E-state index contributed by atoms with van der Waals surface area (Å²) in [6.07, 6.45) is 2.57. The van der Waals surface area contributed by atoms with Crippen molar-refractivity contribution >= 4 is 23.7 Å². The molecular formula is C21H20FNO7. The number of carbonyl (C=O) groups is 3. The number of carbonyl (C=O) groups excluding carboxylic acids is 3. The van der Waals surface area contributed by atoms with E-state index in [0.29, 0.717) is 17.1 Å². The van der Waals surface area contributed by atoms with Crippen molar-refractivity contribution in [1.29, 1.82) is 0 Å². The lowest BCUT2D eigenvalue weighted by molar-refractivity contribution is -0.136. The van der Waals surface area contributed by atoms with Crippen LogP contribution in [0, 0.1) is 5.82 Å². The summed E-state index contributed by atoms with van der Waals surface area (Å²) in [5.41, 5.74) is 5.67. The molecule has 0 spiro atoms. The van der Waals surface area contributed by atoms with Gasteiger partial charge >= 0.3 is 5.97 Å². The molecule has 2 aromatic carbocycles. The fourth-order valence-electron chi connectivity index (χ4n) is 2.33. The molecule has 9 heteroatoms. The van der Waals surface area contributed by atoms with Crippen molar-refractivity contribution in [2.45, 2.75) is 0 Å². The lowest BCUT2D eigenvalue weighted by Crippen LogP contribution is -2.20. The van der Waals surface area contributed by atoms with E-state index in [1.807, 2.05) is 0 Å². The molecule has 0 aliphatic rings. The molecule has 1 amide bonds. The second kappa shape index (κ2) is 10.6. The van der Waals surface area contributed by atoms with Crippen molar-refractivity contribution in [3.8, 4) is 17.2 Å². The van der Waals surface area contributed by atoms with Gasteiger partial charge in [0, 0.05) is 11.6 Å². The zero-order valence-corrected chi connectivity index (χ0v) is 16.3. The predicted molar refractivity (Wildman–Crippen MR) is 105 cm³/mol. The topological polar surface area (TPSA) is 114 Å². The van der Waals surface area contributed by atoms with Crippen molar-refractivity contribution in [1.82, 2.24) is 0 Å². The lowest BCUT2D eigenvalue weighted by Gasteiger charge is -2.09. The predicted octanol–water partition coefficient (Wildman–Crippen LogP) is 2.15. The first-order valence-corrected chi connectivity index (χ1v) is 8.64. The number of ether oxygens (including phenoxy) is 4. The molecule has 2 aromatic rings. The van der Waals surface area contributed by atoms with Crippen LogP contribution in [0.25, 0.3) is 6.08 Å². The van der Waals surface area contributed by atoms with Crippen molar-refractivity contribution in [2.75, 3.05) is 27.4 Å². The highest BCUT2D eigenvalue weighted by Gasteiger charge is 2.12. The number of hydrogen-bond acceptors (Lipinski definition) is 7. The third-order valence-corrected chi connectivity index (χ3v) is 3.79. The van der Waals surface area contributed by atoms with Crippen LogP contribution < -0.4 is 19.9 Å². The number of halogens is 1. The van der Waals surface area contributed by atoms with Crippen molar-refractivity contribution in [3.63, 3.8) is 0 Å². The van der Waals surface area contributed by atoms with Gasteiger partial charge in [0.05, 0.1) is 14.2 Å². The zero-order valence-electron chi connectivity index (χ0n) is 16.3. The number of Topliss-reactive ketones (excluding diaryl/α,β-unsaturated/α-hetero) is 1. The van der Waals surface area contributed by atoms with Gasteiger partial charge in [-0.2, -0.15) is 0 Å². The summed E-state index contributed by atoms with van der Waals surface area (Å²) in [4.78, 5) is 34.7. The third-order valence-electron chi connectivity index (χ3n) is 3.79. The molecular weight excluding hydrogens is 397 g/mol. The molecule has 2 rings (SSSR count). The van der Waals surface area contributed by atoms with Crippen LogP contribution in [0.3, 0.4) is 0 Å². The summed E-state index contributed by atoms with van der Waals surface area (Å²) in [5, 5.41) is 0. The van der Waals surface area contributed by atoms with Crippen LogP contribution >= 0.6 is 0 Å². The number of amides is 1. The van der Waals surface area contributed by atoms with Crippen LogP contribution in [0.1, 0.15) is 15.9 Å². The van der Waals surface area contributed by atoms with E-state index in [2.05, 4.69) is 0 Å². The molecule has 0 atom stereocenters. The highest BCUT2D eigenvalue weighted by molar-refractivity contribution is 5.99. The minimum atomic E-state index is -0.759. The Morgan fingerprint density at radius 1 is 0.967 bits per heavy atom. The van der Waals surface area contributed by atoms with E-state index in [9.17, 15) is 18.8 Å². The highest BCUT2D eigenvalue weighted by atomic mass is 19.1. The van der Waals surface area contributed by atoms with E-state index in [1.54, 1.807) is 18.2 Å². The monoisotopic (exact) mass is 417 g/mol. The SMILES string of the molecule is COc1ccc(C(=O)COC(=O)/C=C/c2ccc(OCC(N)=O)c(OC)c2)cc1F. The fraction of sp³-hybridized carbons (Fsp3) is 0.190. The zero-order chi connectivity index (χ0) is 22.1. The van der Waals surface area contributed by atoms with Gasteiger partial charge in [-0.15, -0.1) is 0 Å². The van der Waals surface area contributed by atoms with Crippen LogP contribution in [-0.2, 0) is 14.3 Å². The molecule has 0 saturated heterocycles. The first-order chi connectivity index (χ1) is 14.3. The molecule has 0 aliphatic carbocycles. The van der Waals surface area contributed by atoms with Gasteiger partial charge in [0.2, 0.25) is 0 Å². The van der Waals surface area contributed by atoms with E-state index in [1.165, 1.54) is 32.4 Å². The Bertz CT molecular complexity index is 972. The van der Waals surface area contributed by atoms with E-state index < -0.39 is 30.1 Å². The van der Waals surface area contributed by atoms with Gasteiger partial charge in [0.25, 0.3) is 5.91 Å². The van der Waals surface area contributed by atoms with Gasteiger partial charge in [-0.3, -0.25) is 9.59 Å². The van der Waals surface area contributed by atoms with Crippen LogP contribution in [-0.4, -0.2) is 45.1 Å². The quantitative estimate of drug-likeness (QED) is 0.358. The van der Waals surface area contributed by atoms with Gasteiger partial charge in [0.1, 0.15) is 0 Å². The fourth-order valence-corrected chi connectivity index (χ4v) is 2.33. The number of nitrogens with two attached hydrogens (primary N) is 1. The van der Waals surface area contributed by atoms with Gasteiger partial charge in [-0.1, -0.05) is 6.07 Å². The molecule has 30 heavy (non-hydrogen) atoms. The average molecular weight is 417 g/mol. The minimum Gasteiger partial charge on any atom is -0.494 e. The smallest absolute Gasteiger partial charge is 0.331 e. The summed E-state index contributed by atoms with van der Waals surface area (Å²) in [7, 11) is 2.73. The van der Waals surface area contributed by atoms with Crippen LogP contribution in [0.15, 0.2) is 42.5 Å². The molecule has 8 nitrogen and oxygen atoms in total. The molecule has 0 unspecified atom stereocenters. The van der Waals surface area contributed by atoms with E-state index >= 15 is 0 Å². The molecule has 0 fully saturated rings. The maximum atomic E-state index is 13.7. The van der Waals surface area contributed by atoms with Crippen molar-refractivity contribution in [3.05, 3.63) is 59.4 Å². The first-order valence-electron chi connectivity index (χ1n) is 8.64. The Balaban J connectivity index is 1.94. The highest BCUT2D eigenvalue weighted by Crippen LogP contribution is 2.28. The largest absolute Gasteiger partial charge is 0.494 e. The van der Waals surface area contributed by atoms with Crippen LogP contribution in [0.4, 0.5) is 4.39 Å². The second-order valence-electron chi connectivity index (χ2n) is 5.88. The normalized spacial score (nSPS) is 10.5. The van der Waals surface area contributed by atoms with Gasteiger partial charge in [-0.05, 0) is 42.0 Å². The summed E-state index contributed by atoms with van der Waals surface area (Å²) in [5.74, 6) is -1.98. The molecule has 0 saturated carbocycles. The van der Waals surface area contributed by atoms with Crippen LogP contribution in [0.5, 0.6) is 17.2 Å². The maximum Gasteiger partial charge on any atom is 0.331 e. The Kier molecular flexibility index (Phi) is 7.92. The minimum absolute atomic E-state index is 0.00736. The average Bonchev–Trinajstić information content (AvgIpc) is 2.74. The number of primary amides is 1. The number of benzene rings is 2. The van der Waals surface area contributed by atoms with Crippen molar-refractivity contribution in [2.24, 2.45) is 5.73 Å². The second-order valence-corrected chi connectivity index (χ2v) is 5.88. The molecule has 0 aromatic heterocycles. The Morgan fingerprint density at radius 2 is 1.67 bits per heavy atom. The lowest BCUT2D eigenvalue weighted by atomic mass is 10.1. The Labute approximate surface area is 172 Å². The number of methoxy groups -OCH3 is 2. The molecule has 0 heterocycles. The number of hydrogen-bond donors (Lipinski definition) is 1. The van der Waals surface area contributed by atoms with E-state index in [0.717, 1.165) is 12.1 Å². The first kappa shape index (κ1) is 22.4. The van der Waals surface area contributed by atoms with E-state index in [4.69, 9.17) is 24.7 Å². The Morgan fingerprint density at radius 3 is 2.30 bits per heavy atom. The Hall–Kier alpha value is -3.88. The van der Waals surface area contributed by atoms with Gasteiger partial charge in [-0.25, -0.2) is 9.18 Å². The number of ketones is 1. The van der Waals surface area contributed by atoms with Gasteiger partial charge in [0.15, 0.2) is 42.1 Å². The molecule has 0 aliphatic heterocycles. The number of rotatable bonds is 10.